The Morgan fingerprint density at radius 1 is 1.15 bits per heavy atom. The molecule has 2 nitrogen and oxygen atoms in total. The summed E-state index contributed by atoms with van der Waals surface area (Å²) in [6.07, 6.45) is 7.05. The number of piperidine rings is 1. The maximum Gasteiger partial charge on any atom is -0.00248 e. The normalized spacial score (nSPS) is 19.6. The molecule has 13 heavy (non-hydrogen) atoms. The highest BCUT2D eigenvalue weighted by Crippen LogP contribution is 2.18. The van der Waals surface area contributed by atoms with E-state index in [1.54, 1.807) is 0 Å². The number of nitrogens with one attached hydrogen (secondary N) is 1. The summed E-state index contributed by atoms with van der Waals surface area (Å²) in [4.78, 5) is 2.28. The first kappa shape index (κ1) is 11.0. The van der Waals surface area contributed by atoms with Crippen molar-refractivity contribution in [1.29, 1.82) is 0 Å². The Kier molecular flexibility index (Phi) is 5.40. The fourth-order valence-electron chi connectivity index (χ4n) is 2.03. The van der Waals surface area contributed by atoms with Crippen LogP contribution in [0.5, 0.6) is 0 Å². The van der Waals surface area contributed by atoms with Gasteiger partial charge in [-0.2, -0.15) is 0 Å². The molecule has 1 N–H and O–H groups in total. The highest BCUT2D eigenvalue weighted by molar-refractivity contribution is 4.68. The van der Waals surface area contributed by atoms with Crippen molar-refractivity contribution in [3.05, 3.63) is 0 Å². The number of nitrogens with zero attached hydrogens (tertiary/aromatic N) is 1. The molecule has 1 heterocycles. The Hall–Kier alpha value is -0.0800. The molecule has 2 heteroatoms. The van der Waals surface area contributed by atoms with E-state index < -0.39 is 0 Å². The SMILES string of the molecule is CN(C)CCCCC1CCNCC1. The minimum atomic E-state index is 1.02. The van der Waals surface area contributed by atoms with Gasteiger partial charge in [-0.25, -0.2) is 0 Å². The molecule has 0 unspecified atom stereocenters. The van der Waals surface area contributed by atoms with Crippen LogP contribution in [0.25, 0.3) is 0 Å². The largest absolute Gasteiger partial charge is 0.317 e. The molecule has 0 aromatic heterocycles. The van der Waals surface area contributed by atoms with Crippen molar-refractivity contribution in [3.63, 3.8) is 0 Å². The van der Waals surface area contributed by atoms with Gasteiger partial charge in [0.2, 0.25) is 0 Å². The molecule has 0 saturated carbocycles. The predicted octanol–water partition coefficient (Wildman–Crippen LogP) is 1.72. The second-order valence-electron chi connectivity index (χ2n) is 4.49. The van der Waals surface area contributed by atoms with Gasteiger partial charge in [-0.1, -0.05) is 12.8 Å². The van der Waals surface area contributed by atoms with Gasteiger partial charge in [-0.15, -0.1) is 0 Å². The molecule has 0 aromatic rings. The molecule has 1 aliphatic rings. The molecule has 78 valence electrons. The number of hydrogen-bond donors (Lipinski definition) is 1. The highest BCUT2D eigenvalue weighted by Gasteiger charge is 2.11. The Morgan fingerprint density at radius 2 is 1.85 bits per heavy atom. The third-order valence-electron chi connectivity index (χ3n) is 2.93. The summed E-state index contributed by atoms with van der Waals surface area (Å²) in [5.41, 5.74) is 0. The van der Waals surface area contributed by atoms with Crippen LogP contribution in [0.4, 0.5) is 0 Å². The Labute approximate surface area is 82.7 Å². The number of hydrogen-bond acceptors (Lipinski definition) is 2. The third kappa shape index (κ3) is 5.27. The van der Waals surface area contributed by atoms with Crippen LogP contribution in [-0.2, 0) is 0 Å². The first-order chi connectivity index (χ1) is 6.29. The smallest absolute Gasteiger partial charge is 0.00248 e. The summed E-state index contributed by atoms with van der Waals surface area (Å²) in [7, 11) is 4.31. The monoisotopic (exact) mass is 184 g/mol. The minimum Gasteiger partial charge on any atom is -0.317 e. The zero-order chi connectivity index (χ0) is 9.52. The summed E-state index contributed by atoms with van der Waals surface area (Å²) in [6.45, 7) is 3.75. The van der Waals surface area contributed by atoms with Crippen LogP contribution >= 0.6 is 0 Å². The van der Waals surface area contributed by atoms with Gasteiger partial charge in [-0.05, 0) is 58.9 Å². The lowest BCUT2D eigenvalue weighted by atomic mass is 9.92. The standard InChI is InChI=1S/C11H24N2/c1-13(2)10-4-3-5-11-6-8-12-9-7-11/h11-12H,3-10H2,1-2H3. The van der Waals surface area contributed by atoms with E-state index in [2.05, 4.69) is 24.3 Å². The summed E-state index contributed by atoms with van der Waals surface area (Å²) in [6, 6.07) is 0. The fourth-order valence-corrected chi connectivity index (χ4v) is 2.03. The Morgan fingerprint density at radius 3 is 2.46 bits per heavy atom. The van der Waals surface area contributed by atoms with Crippen LogP contribution in [0.1, 0.15) is 32.1 Å². The summed E-state index contributed by atoms with van der Waals surface area (Å²) >= 11 is 0. The topological polar surface area (TPSA) is 15.3 Å². The van der Waals surface area contributed by atoms with Crippen LogP contribution < -0.4 is 5.32 Å². The van der Waals surface area contributed by atoms with E-state index in [0.717, 1.165) is 5.92 Å². The molecule has 0 aliphatic carbocycles. The van der Waals surface area contributed by atoms with E-state index in [1.807, 2.05) is 0 Å². The minimum absolute atomic E-state index is 1.02. The molecule has 1 aliphatic heterocycles. The van der Waals surface area contributed by atoms with Gasteiger partial charge in [0, 0.05) is 0 Å². The molecule has 0 bridgehead atoms. The molecule has 0 spiro atoms. The van der Waals surface area contributed by atoms with Gasteiger partial charge in [0.05, 0.1) is 0 Å². The maximum atomic E-state index is 3.42. The lowest BCUT2D eigenvalue weighted by Crippen LogP contribution is -2.27. The van der Waals surface area contributed by atoms with E-state index in [4.69, 9.17) is 0 Å². The molecular formula is C11H24N2. The quantitative estimate of drug-likeness (QED) is 0.654. The van der Waals surface area contributed by atoms with Gasteiger partial charge >= 0.3 is 0 Å². The molecule has 0 amide bonds. The van der Waals surface area contributed by atoms with Crippen molar-refractivity contribution in [2.24, 2.45) is 5.92 Å². The van der Waals surface area contributed by atoms with Crippen molar-refractivity contribution >= 4 is 0 Å². The van der Waals surface area contributed by atoms with Gasteiger partial charge < -0.3 is 10.2 Å². The maximum absolute atomic E-state index is 3.42. The summed E-state index contributed by atoms with van der Waals surface area (Å²) < 4.78 is 0. The first-order valence-electron chi connectivity index (χ1n) is 5.64. The van der Waals surface area contributed by atoms with Crippen molar-refractivity contribution in [2.75, 3.05) is 33.7 Å². The summed E-state index contributed by atoms with van der Waals surface area (Å²) in [5, 5.41) is 3.42. The fraction of sp³-hybridized carbons (Fsp3) is 1.00. The first-order valence-corrected chi connectivity index (χ1v) is 5.64. The molecular weight excluding hydrogens is 160 g/mol. The van der Waals surface area contributed by atoms with Crippen LogP contribution in [-0.4, -0.2) is 38.6 Å². The second kappa shape index (κ2) is 6.39. The zero-order valence-corrected chi connectivity index (χ0v) is 9.18. The predicted molar refractivity (Wildman–Crippen MR) is 58.0 cm³/mol. The molecule has 0 aromatic carbocycles. The molecule has 0 radical (unpaired) electrons. The van der Waals surface area contributed by atoms with Crippen LogP contribution in [0.15, 0.2) is 0 Å². The summed E-state index contributed by atoms with van der Waals surface area (Å²) in [5.74, 6) is 1.02. The lowest BCUT2D eigenvalue weighted by Gasteiger charge is -2.22. The highest BCUT2D eigenvalue weighted by atomic mass is 15.0. The van der Waals surface area contributed by atoms with Crippen LogP contribution in [0.3, 0.4) is 0 Å². The van der Waals surface area contributed by atoms with Gasteiger partial charge in [-0.3, -0.25) is 0 Å². The van der Waals surface area contributed by atoms with E-state index in [0.29, 0.717) is 0 Å². The third-order valence-corrected chi connectivity index (χ3v) is 2.93. The lowest BCUT2D eigenvalue weighted by molar-refractivity contribution is 0.328. The second-order valence-corrected chi connectivity index (χ2v) is 4.49. The van der Waals surface area contributed by atoms with Crippen LogP contribution in [0.2, 0.25) is 0 Å². The molecule has 1 saturated heterocycles. The molecule has 0 atom stereocenters. The van der Waals surface area contributed by atoms with Gasteiger partial charge in [0.15, 0.2) is 0 Å². The Bertz CT molecular complexity index is 117. The van der Waals surface area contributed by atoms with Crippen LogP contribution in [0, 0.1) is 5.92 Å². The van der Waals surface area contributed by atoms with Crippen molar-refractivity contribution < 1.29 is 0 Å². The van der Waals surface area contributed by atoms with E-state index in [-0.39, 0.29) is 0 Å². The average molecular weight is 184 g/mol. The number of rotatable bonds is 5. The Balaban J connectivity index is 1.92. The van der Waals surface area contributed by atoms with E-state index >= 15 is 0 Å². The van der Waals surface area contributed by atoms with Gasteiger partial charge in [0.1, 0.15) is 0 Å². The van der Waals surface area contributed by atoms with Crippen molar-refractivity contribution in [3.8, 4) is 0 Å². The van der Waals surface area contributed by atoms with Crippen molar-refractivity contribution in [1.82, 2.24) is 10.2 Å². The average Bonchev–Trinajstić information content (AvgIpc) is 2.14. The van der Waals surface area contributed by atoms with E-state index in [9.17, 15) is 0 Å². The van der Waals surface area contributed by atoms with E-state index in [1.165, 1.54) is 51.7 Å². The molecule has 1 rings (SSSR count). The van der Waals surface area contributed by atoms with Crippen molar-refractivity contribution in [2.45, 2.75) is 32.1 Å². The number of unbranched alkanes of at least 4 members (excludes halogenated alkanes) is 1. The zero-order valence-electron chi connectivity index (χ0n) is 9.18. The van der Waals surface area contributed by atoms with Gasteiger partial charge in [0.25, 0.3) is 0 Å². The molecule has 1 fully saturated rings.